The van der Waals surface area contributed by atoms with E-state index in [0.29, 0.717) is 5.69 Å². The number of halogens is 1. The van der Waals surface area contributed by atoms with Crippen LogP contribution in [0.4, 0.5) is 10.5 Å². The summed E-state index contributed by atoms with van der Waals surface area (Å²) >= 11 is 5.98. The quantitative estimate of drug-likeness (QED) is 0.838. The lowest BCUT2D eigenvalue weighted by molar-refractivity contribution is -0.150. The fraction of sp³-hybridized carbons (Fsp3) is 0.429. The molecule has 1 aromatic carbocycles. The second-order valence-electron chi connectivity index (χ2n) is 5.29. The second kappa shape index (κ2) is 6.78. The molecule has 0 aliphatic carbocycles. The van der Waals surface area contributed by atoms with Crippen LogP contribution < -0.4 is 5.32 Å². The molecule has 0 aliphatic heterocycles. The number of carbonyl (C=O) groups excluding carboxylic acids is 2. The number of esters is 1. The summed E-state index contributed by atoms with van der Waals surface area (Å²) < 4.78 is 9.53. The first-order valence-electron chi connectivity index (χ1n) is 6.19. The number of hydrogen-bond donors (Lipinski definition) is 2. The molecule has 6 nitrogen and oxygen atoms in total. The minimum absolute atomic E-state index is 0.126. The Labute approximate surface area is 128 Å². The highest BCUT2D eigenvalue weighted by molar-refractivity contribution is 6.32. The molecule has 7 heteroatoms. The molecule has 0 aliphatic rings. The van der Waals surface area contributed by atoms with E-state index in [9.17, 15) is 14.7 Å². The number of carbonyl (C=O) groups is 2. The van der Waals surface area contributed by atoms with Crippen LogP contribution in [0.2, 0.25) is 5.02 Å². The van der Waals surface area contributed by atoms with Gasteiger partial charge in [0.15, 0.2) is 6.10 Å². The third-order valence-electron chi connectivity index (χ3n) is 2.36. The molecule has 21 heavy (non-hydrogen) atoms. The number of nitrogens with one attached hydrogen (secondary N) is 1. The van der Waals surface area contributed by atoms with Crippen molar-refractivity contribution >= 4 is 29.4 Å². The average molecular weight is 316 g/mol. The Morgan fingerprint density at radius 1 is 1.33 bits per heavy atom. The van der Waals surface area contributed by atoms with E-state index < -0.39 is 23.8 Å². The van der Waals surface area contributed by atoms with Crippen LogP contribution in [0.3, 0.4) is 0 Å². The van der Waals surface area contributed by atoms with Crippen LogP contribution in [0.15, 0.2) is 18.2 Å². The molecule has 1 amide bonds. The zero-order chi connectivity index (χ0) is 16.2. The van der Waals surface area contributed by atoms with Crippen molar-refractivity contribution < 1.29 is 24.2 Å². The van der Waals surface area contributed by atoms with E-state index in [1.807, 2.05) is 0 Å². The molecule has 116 valence electrons. The molecule has 0 aromatic heterocycles. The number of ether oxygens (including phenoxy) is 2. The van der Waals surface area contributed by atoms with Crippen LogP contribution in [0, 0.1) is 0 Å². The Morgan fingerprint density at radius 2 is 1.95 bits per heavy atom. The van der Waals surface area contributed by atoms with Gasteiger partial charge in [0.1, 0.15) is 5.60 Å². The number of benzene rings is 1. The van der Waals surface area contributed by atoms with Gasteiger partial charge in [-0.05, 0) is 32.9 Å². The molecule has 0 saturated heterocycles. The predicted molar refractivity (Wildman–Crippen MR) is 78.3 cm³/mol. The van der Waals surface area contributed by atoms with E-state index >= 15 is 0 Å². The van der Waals surface area contributed by atoms with Crippen molar-refractivity contribution in [1.82, 2.24) is 0 Å². The van der Waals surface area contributed by atoms with E-state index in [4.69, 9.17) is 16.3 Å². The molecular weight excluding hydrogens is 298 g/mol. The van der Waals surface area contributed by atoms with E-state index in [1.165, 1.54) is 18.2 Å². The molecule has 1 aromatic rings. The van der Waals surface area contributed by atoms with Gasteiger partial charge in [0.25, 0.3) is 0 Å². The van der Waals surface area contributed by atoms with Gasteiger partial charge in [0, 0.05) is 16.3 Å². The molecule has 0 spiro atoms. The van der Waals surface area contributed by atoms with Gasteiger partial charge in [-0.3, -0.25) is 5.32 Å². The normalized spacial score (nSPS) is 12.5. The van der Waals surface area contributed by atoms with Gasteiger partial charge in [-0.2, -0.15) is 0 Å². The lowest BCUT2D eigenvalue weighted by Crippen LogP contribution is -2.27. The number of aliphatic hydroxyl groups is 1. The van der Waals surface area contributed by atoms with Crippen LogP contribution in [-0.2, 0) is 14.3 Å². The molecule has 0 heterocycles. The van der Waals surface area contributed by atoms with Gasteiger partial charge in [-0.25, -0.2) is 9.59 Å². The largest absolute Gasteiger partial charge is 0.467 e. The summed E-state index contributed by atoms with van der Waals surface area (Å²) in [5, 5.41) is 12.4. The first kappa shape index (κ1) is 17.3. The molecule has 0 radical (unpaired) electrons. The van der Waals surface area contributed by atoms with Gasteiger partial charge >= 0.3 is 12.1 Å². The predicted octanol–water partition coefficient (Wildman–Crippen LogP) is 2.89. The van der Waals surface area contributed by atoms with Gasteiger partial charge in [0.05, 0.1) is 7.11 Å². The third kappa shape index (κ3) is 5.24. The van der Waals surface area contributed by atoms with Crippen LogP contribution in [0.5, 0.6) is 0 Å². The van der Waals surface area contributed by atoms with Crippen LogP contribution in [-0.4, -0.2) is 29.9 Å². The average Bonchev–Trinajstić information content (AvgIpc) is 2.34. The summed E-state index contributed by atoms with van der Waals surface area (Å²) in [5.41, 5.74) is -0.0390. The van der Waals surface area contributed by atoms with Crippen molar-refractivity contribution in [3.63, 3.8) is 0 Å². The molecule has 0 bridgehead atoms. The fourth-order valence-corrected chi connectivity index (χ4v) is 1.77. The number of methoxy groups -OCH3 is 1. The van der Waals surface area contributed by atoms with E-state index in [-0.39, 0.29) is 10.6 Å². The van der Waals surface area contributed by atoms with Crippen molar-refractivity contribution in [2.45, 2.75) is 32.5 Å². The summed E-state index contributed by atoms with van der Waals surface area (Å²) in [6.07, 6.45) is -2.10. The number of aliphatic hydroxyl groups excluding tert-OH is 1. The summed E-state index contributed by atoms with van der Waals surface area (Å²) in [6, 6.07) is 4.33. The number of rotatable bonds is 3. The molecule has 1 rings (SSSR count). The van der Waals surface area contributed by atoms with Crippen molar-refractivity contribution in [1.29, 1.82) is 0 Å². The Bertz CT molecular complexity index is 539. The Balaban J connectivity index is 2.83. The zero-order valence-corrected chi connectivity index (χ0v) is 13.0. The lowest BCUT2D eigenvalue weighted by Gasteiger charge is -2.20. The maximum absolute atomic E-state index is 11.6. The van der Waals surface area contributed by atoms with Crippen LogP contribution in [0.25, 0.3) is 0 Å². The van der Waals surface area contributed by atoms with Crippen molar-refractivity contribution in [2.24, 2.45) is 0 Å². The van der Waals surface area contributed by atoms with Gasteiger partial charge < -0.3 is 14.6 Å². The molecule has 1 atom stereocenters. The van der Waals surface area contributed by atoms with E-state index in [2.05, 4.69) is 10.1 Å². The highest BCUT2D eigenvalue weighted by atomic mass is 35.5. The van der Waals surface area contributed by atoms with Crippen LogP contribution in [0.1, 0.15) is 32.4 Å². The van der Waals surface area contributed by atoms with Gasteiger partial charge in [-0.15, -0.1) is 0 Å². The Hall–Kier alpha value is -1.79. The summed E-state index contributed by atoms with van der Waals surface area (Å²) in [7, 11) is 1.16. The monoisotopic (exact) mass is 315 g/mol. The smallest absolute Gasteiger partial charge is 0.412 e. The molecule has 2 N–H and O–H groups in total. The Kier molecular flexibility index (Phi) is 5.57. The minimum atomic E-state index is -1.47. The van der Waals surface area contributed by atoms with E-state index in [1.54, 1.807) is 20.8 Å². The van der Waals surface area contributed by atoms with Gasteiger partial charge in [-0.1, -0.05) is 17.7 Å². The van der Waals surface area contributed by atoms with Gasteiger partial charge in [0.2, 0.25) is 0 Å². The topological polar surface area (TPSA) is 84.9 Å². The van der Waals surface area contributed by atoms with E-state index in [0.717, 1.165) is 7.11 Å². The SMILES string of the molecule is COC(=O)C(O)c1ccc(NC(=O)OC(C)(C)C)cc1Cl. The lowest BCUT2D eigenvalue weighted by atomic mass is 10.1. The maximum atomic E-state index is 11.6. The molecular formula is C14H18ClNO5. The zero-order valence-electron chi connectivity index (χ0n) is 12.3. The second-order valence-corrected chi connectivity index (χ2v) is 5.70. The van der Waals surface area contributed by atoms with Crippen molar-refractivity contribution in [3.8, 4) is 0 Å². The highest BCUT2D eigenvalue weighted by Crippen LogP contribution is 2.27. The minimum Gasteiger partial charge on any atom is -0.467 e. The number of hydrogen-bond acceptors (Lipinski definition) is 5. The highest BCUT2D eigenvalue weighted by Gasteiger charge is 2.21. The summed E-state index contributed by atoms with van der Waals surface area (Å²) in [4.78, 5) is 22.9. The first-order chi connectivity index (χ1) is 9.64. The first-order valence-corrected chi connectivity index (χ1v) is 6.57. The number of amides is 1. The third-order valence-corrected chi connectivity index (χ3v) is 2.69. The maximum Gasteiger partial charge on any atom is 0.412 e. The summed E-state index contributed by atoms with van der Waals surface area (Å²) in [5.74, 6) is -0.815. The Morgan fingerprint density at radius 3 is 2.43 bits per heavy atom. The molecule has 0 saturated carbocycles. The fourth-order valence-electron chi connectivity index (χ4n) is 1.49. The van der Waals surface area contributed by atoms with Crippen LogP contribution >= 0.6 is 11.6 Å². The number of anilines is 1. The standard InChI is InChI=1S/C14H18ClNO5/c1-14(2,3)21-13(19)16-8-5-6-9(10(15)7-8)11(17)12(18)20-4/h5-7,11,17H,1-4H3,(H,16,19). The molecule has 1 unspecified atom stereocenters. The van der Waals surface area contributed by atoms with Crippen molar-refractivity contribution in [2.75, 3.05) is 12.4 Å². The summed E-state index contributed by atoms with van der Waals surface area (Å²) in [6.45, 7) is 5.24. The molecule has 0 fully saturated rings. The van der Waals surface area contributed by atoms with Crippen molar-refractivity contribution in [3.05, 3.63) is 28.8 Å².